The van der Waals surface area contributed by atoms with E-state index < -0.39 is 0 Å². The van der Waals surface area contributed by atoms with Gasteiger partial charge in [-0.3, -0.25) is 4.79 Å². The summed E-state index contributed by atoms with van der Waals surface area (Å²) in [6, 6.07) is 7.15. The molecule has 0 fully saturated rings. The van der Waals surface area contributed by atoms with Crippen LogP contribution in [0.15, 0.2) is 30.4 Å². The summed E-state index contributed by atoms with van der Waals surface area (Å²) in [7, 11) is 0. The number of carbonyl (C=O) groups is 1. The molecule has 1 rings (SSSR count). The summed E-state index contributed by atoms with van der Waals surface area (Å²) in [4.78, 5) is 14.0. The lowest BCUT2D eigenvalue weighted by molar-refractivity contribution is -0.127. The van der Waals surface area contributed by atoms with E-state index in [0.29, 0.717) is 29.6 Å². The SMILES string of the molecule is CC(Cl)/C=C/C(=O)N(Cc1ccc(C#N)cc1Cl)CC(C)C. The minimum Gasteiger partial charge on any atom is -0.335 e. The first-order chi connectivity index (χ1) is 10.3. The highest BCUT2D eigenvalue weighted by Crippen LogP contribution is 2.20. The van der Waals surface area contributed by atoms with Crippen molar-refractivity contribution in [1.29, 1.82) is 5.26 Å². The molecular weight excluding hydrogens is 319 g/mol. The van der Waals surface area contributed by atoms with Gasteiger partial charge in [-0.05, 0) is 30.5 Å². The van der Waals surface area contributed by atoms with Crippen LogP contribution in [-0.4, -0.2) is 22.7 Å². The van der Waals surface area contributed by atoms with E-state index in [9.17, 15) is 4.79 Å². The predicted octanol–water partition coefficient (Wildman–Crippen LogP) is 4.38. The van der Waals surface area contributed by atoms with Crippen LogP contribution < -0.4 is 0 Å². The van der Waals surface area contributed by atoms with Gasteiger partial charge in [0, 0.05) is 29.6 Å². The highest BCUT2D eigenvalue weighted by molar-refractivity contribution is 6.31. The van der Waals surface area contributed by atoms with Gasteiger partial charge >= 0.3 is 0 Å². The fraction of sp³-hybridized carbons (Fsp3) is 0.412. The van der Waals surface area contributed by atoms with Crippen LogP contribution >= 0.6 is 23.2 Å². The maximum absolute atomic E-state index is 12.3. The van der Waals surface area contributed by atoms with E-state index in [1.165, 1.54) is 6.08 Å². The second-order valence-corrected chi connectivity index (χ2v) is 6.66. The topological polar surface area (TPSA) is 44.1 Å². The fourth-order valence-corrected chi connectivity index (χ4v) is 2.26. The third kappa shape index (κ3) is 6.09. The first-order valence-electron chi connectivity index (χ1n) is 7.13. The Bertz CT molecular complexity index is 589. The Morgan fingerprint density at radius 1 is 1.41 bits per heavy atom. The number of nitrogens with zero attached hydrogens (tertiary/aromatic N) is 2. The largest absolute Gasteiger partial charge is 0.335 e. The molecule has 1 aromatic carbocycles. The number of hydrogen-bond donors (Lipinski definition) is 0. The van der Waals surface area contributed by atoms with Gasteiger partial charge in [0.25, 0.3) is 0 Å². The number of carbonyl (C=O) groups excluding carboxylic acids is 1. The van der Waals surface area contributed by atoms with E-state index in [1.54, 1.807) is 36.1 Å². The van der Waals surface area contributed by atoms with Crippen LogP contribution in [0.25, 0.3) is 0 Å². The lowest BCUT2D eigenvalue weighted by Gasteiger charge is -2.24. The summed E-state index contributed by atoms with van der Waals surface area (Å²) in [5.74, 6) is 0.240. The van der Waals surface area contributed by atoms with Crippen LogP contribution in [0.4, 0.5) is 0 Å². The summed E-state index contributed by atoms with van der Waals surface area (Å²) in [6.45, 7) is 6.93. The van der Waals surface area contributed by atoms with Crippen molar-refractivity contribution in [1.82, 2.24) is 4.90 Å². The van der Waals surface area contributed by atoms with Crippen LogP contribution in [0.2, 0.25) is 5.02 Å². The Hall–Kier alpha value is -1.50. The van der Waals surface area contributed by atoms with E-state index in [4.69, 9.17) is 28.5 Å². The van der Waals surface area contributed by atoms with Crippen LogP contribution in [-0.2, 0) is 11.3 Å². The molecule has 0 aliphatic heterocycles. The molecule has 0 N–H and O–H groups in total. The number of hydrogen-bond acceptors (Lipinski definition) is 2. The van der Waals surface area contributed by atoms with Crippen molar-refractivity contribution in [2.24, 2.45) is 5.92 Å². The summed E-state index contributed by atoms with van der Waals surface area (Å²) in [5.41, 5.74) is 1.33. The van der Waals surface area contributed by atoms with E-state index in [2.05, 4.69) is 13.8 Å². The van der Waals surface area contributed by atoms with Gasteiger partial charge in [-0.1, -0.05) is 37.6 Å². The first kappa shape index (κ1) is 18.5. The molecule has 0 bridgehead atoms. The molecule has 0 aromatic heterocycles. The van der Waals surface area contributed by atoms with Crippen molar-refractivity contribution in [3.05, 3.63) is 46.5 Å². The van der Waals surface area contributed by atoms with Gasteiger partial charge in [-0.15, -0.1) is 11.6 Å². The van der Waals surface area contributed by atoms with Crippen molar-refractivity contribution in [2.75, 3.05) is 6.54 Å². The van der Waals surface area contributed by atoms with Crippen LogP contribution in [0.1, 0.15) is 31.9 Å². The van der Waals surface area contributed by atoms with Gasteiger partial charge in [0.05, 0.1) is 11.6 Å². The second-order valence-electron chi connectivity index (χ2n) is 5.57. The van der Waals surface area contributed by atoms with Crippen molar-refractivity contribution < 1.29 is 4.79 Å². The minimum absolute atomic E-state index is 0.0957. The molecule has 1 amide bonds. The fourth-order valence-electron chi connectivity index (χ4n) is 1.94. The molecule has 1 atom stereocenters. The quantitative estimate of drug-likeness (QED) is 0.570. The zero-order valence-corrected chi connectivity index (χ0v) is 14.5. The highest BCUT2D eigenvalue weighted by Gasteiger charge is 2.15. The third-order valence-electron chi connectivity index (χ3n) is 2.94. The molecule has 5 heteroatoms. The zero-order chi connectivity index (χ0) is 16.7. The number of alkyl halides is 1. The average molecular weight is 339 g/mol. The molecule has 0 saturated heterocycles. The molecule has 1 aromatic rings. The lowest BCUT2D eigenvalue weighted by Crippen LogP contribution is -2.32. The Kier molecular flexibility index (Phi) is 7.44. The molecular formula is C17H20Cl2N2O. The first-order valence-corrected chi connectivity index (χ1v) is 7.94. The molecule has 0 aliphatic carbocycles. The van der Waals surface area contributed by atoms with Crippen molar-refractivity contribution >= 4 is 29.1 Å². The van der Waals surface area contributed by atoms with Gasteiger partial charge in [0.2, 0.25) is 5.91 Å². The molecule has 3 nitrogen and oxygen atoms in total. The standard InChI is InChI=1S/C17H20Cl2N2O/c1-12(2)10-21(17(22)7-4-13(3)18)11-15-6-5-14(9-20)8-16(15)19/h4-8,12-13H,10-11H2,1-3H3/b7-4+. The maximum Gasteiger partial charge on any atom is 0.246 e. The predicted molar refractivity (Wildman–Crippen MR) is 90.9 cm³/mol. The molecule has 0 aliphatic rings. The van der Waals surface area contributed by atoms with Crippen molar-refractivity contribution in [2.45, 2.75) is 32.7 Å². The van der Waals surface area contributed by atoms with Gasteiger partial charge in [-0.25, -0.2) is 0 Å². The maximum atomic E-state index is 12.3. The Morgan fingerprint density at radius 3 is 2.59 bits per heavy atom. The summed E-state index contributed by atoms with van der Waals surface area (Å²) in [6.07, 6.45) is 3.16. The monoisotopic (exact) mass is 338 g/mol. The third-order valence-corrected chi connectivity index (χ3v) is 3.44. The molecule has 0 spiro atoms. The molecule has 1 unspecified atom stereocenters. The molecule has 0 heterocycles. The smallest absolute Gasteiger partial charge is 0.246 e. The lowest BCUT2D eigenvalue weighted by atomic mass is 10.1. The van der Waals surface area contributed by atoms with Crippen molar-refractivity contribution in [3.8, 4) is 6.07 Å². The summed E-state index contributed by atoms with van der Waals surface area (Å²) in [5, 5.41) is 9.17. The van der Waals surface area contributed by atoms with E-state index >= 15 is 0 Å². The average Bonchev–Trinajstić information content (AvgIpc) is 2.45. The Balaban J connectivity index is 2.94. The number of allylic oxidation sites excluding steroid dienone is 1. The van der Waals surface area contributed by atoms with Crippen LogP contribution in [0, 0.1) is 17.2 Å². The highest BCUT2D eigenvalue weighted by atomic mass is 35.5. The molecule has 22 heavy (non-hydrogen) atoms. The number of halogens is 2. The molecule has 118 valence electrons. The van der Waals surface area contributed by atoms with Crippen LogP contribution in [0.3, 0.4) is 0 Å². The van der Waals surface area contributed by atoms with E-state index in [-0.39, 0.29) is 11.3 Å². The zero-order valence-electron chi connectivity index (χ0n) is 13.0. The Morgan fingerprint density at radius 2 is 2.09 bits per heavy atom. The second kappa shape index (κ2) is 8.82. The van der Waals surface area contributed by atoms with Crippen molar-refractivity contribution in [3.63, 3.8) is 0 Å². The minimum atomic E-state index is -0.191. The van der Waals surface area contributed by atoms with Gasteiger partial charge in [0.15, 0.2) is 0 Å². The molecule has 0 saturated carbocycles. The Labute approximate surface area is 142 Å². The summed E-state index contributed by atoms with van der Waals surface area (Å²) < 4.78 is 0. The number of nitriles is 1. The van der Waals surface area contributed by atoms with E-state index in [1.807, 2.05) is 6.07 Å². The number of amides is 1. The van der Waals surface area contributed by atoms with E-state index in [0.717, 1.165) is 5.56 Å². The summed E-state index contributed by atoms with van der Waals surface area (Å²) >= 11 is 12.0. The number of rotatable bonds is 6. The van der Waals surface area contributed by atoms with Gasteiger partial charge < -0.3 is 4.90 Å². The number of benzene rings is 1. The van der Waals surface area contributed by atoms with Gasteiger partial charge in [-0.2, -0.15) is 5.26 Å². The normalized spacial score (nSPS) is 12.4. The molecule has 0 radical (unpaired) electrons. The van der Waals surface area contributed by atoms with Crippen LogP contribution in [0.5, 0.6) is 0 Å². The van der Waals surface area contributed by atoms with Gasteiger partial charge in [0.1, 0.15) is 0 Å².